The Labute approximate surface area is 117 Å². The predicted octanol–water partition coefficient (Wildman–Crippen LogP) is 3.74. The predicted molar refractivity (Wildman–Crippen MR) is 72.6 cm³/mol. The summed E-state index contributed by atoms with van der Waals surface area (Å²) in [6, 6.07) is 8.49. The molecular weight excluding hydrogens is 318 g/mol. The summed E-state index contributed by atoms with van der Waals surface area (Å²) in [6.07, 6.45) is 1.46. The van der Waals surface area contributed by atoms with Crippen molar-refractivity contribution in [3.63, 3.8) is 0 Å². The third kappa shape index (κ3) is 2.73. The zero-order valence-electron chi connectivity index (χ0n) is 9.02. The van der Waals surface area contributed by atoms with E-state index in [-0.39, 0.29) is 0 Å². The Morgan fingerprint density at radius 1 is 1.39 bits per heavy atom. The Kier molecular flexibility index (Phi) is 3.70. The van der Waals surface area contributed by atoms with E-state index in [1.54, 1.807) is 24.3 Å². The zero-order chi connectivity index (χ0) is 13.1. The molecule has 0 amide bonds. The number of anilines is 1. The molecule has 0 spiro atoms. The van der Waals surface area contributed by atoms with E-state index < -0.39 is 0 Å². The van der Waals surface area contributed by atoms with Gasteiger partial charge in [-0.15, -0.1) is 0 Å². The molecule has 0 aliphatic carbocycles. The number of nitriles is 1. The number of ether oxygens (including phenoxy) is 1. The largest absolute Gasteiger partial charge is 0.436 e. The summed E-state index contributed by atoms with van der Waals surface area (Å²) in [5.41, 5.74) is 6.45. The van der Waals surface area contributed by atoms with Crippen molar-refractivity contribution in [2.75, 3.05) is 5.73 Å². The highest BCUT2D eigenvalue weighted by Gasteiger charge is 2.09. The Bertz CT molecular complexity index is 640. The van der Waals surface area contributed by atoms with Gasteiger partial charge in [-0.2, -0.15) is 5.26 Å². The molecule has 18 heavy (non-hydrogen) atoms. The van der Waals surface area contributed by atoms with Gasteiger partial charge in [-0.05, 0) is 40.2 Å². The quantitative estimate of drug-likeness (QED) is 0.854. The SMILES string of the molecule is N#Cc1cc(N)ccc1Oc1ncc(Cl)cc1Br. The molecule has 0 unspecified atom stereocenters. The number of aromatic nitrogens is 1. The molecule has 1 aromatic carbocycles. The maximum absolute atomic E-state index is 9.00. The number of benzene rings is 1. The van der Waals surface area contributed by atoms with Crippen LogP contribution in [0, 0.1) is 11.3 Å². The number of hydrogen-bond donors (Lipinski definition) is 1. The van der Waals surface area contributed by atoms with E-state index in [4.69, 9.17) is 27.3 Å². The van der Waals surface area contributed by atoms with Crippen LogP contribution in [0.5, 0.6) is 11.6 Å². The van der Waals surface area contributed by atoms with E-state index in [2.05, 4.69) is 20.9 Å². The summed E-state index contributed by atoms with van der Waals surface area (Å²) in [7, 11) is 0. The minimum Gasteiger partial charge on any atom is -0.436 e. The van der Waals surface area contributed by atoms with E-state index in [1.165, 1.54) is 6.20 Å². The molecule has 6 heteroatoms. The maximum Gasteiger partial charge on any atom is 0.233 e. The molecule has 0 aliphatic rings. The third-order valence-corrected chi connectivity index (χ3v) is 2.88. The van der Waals surface area contributed by atoms with Crippen molar-refractivity contribution < 1.29 is 4.74 Å². The lowest BCUT2D eigenvalue weighted by Gasteiger charge is -2.08. The van der Waals surface area contributed by atoms with Crippen LogP contribution in [0.15, 0.2) is 34.9 Å². The Morgan fingerprint density at radius 2 is 2.17 bits per heavy atom. The summed E-state index contributed by atoms with van der Waals surface area (Å²) < 4.78 is 6.15. The monoisotopic (exact) mass is 323 g/mol. The van der Waals surface area contributed by atoms with Gasteiger partial charge in [-0.1, -0.05) is 11.6 Å². The van der Waals surface area contributed by atoms with Crippen molar-refractivity contribution in [2.45, 2.75) is 0 Å². The van der Waals surface area contributed by atoms with E-state index in [0.717, 1.165) is 0 Å². The molecule has 90 valence electrons. The second-order valence-corrected chi connectivity index (χ2v) is 4.70. The second kappa shape index (κ2) is 5.25. The minimum absolute atomic E-state index is 0.334. The van der Waals surface area contributed by atoms with Crippen LogP contribution in [0.4, 0.5) is 5.69 Å². The molecule has 0 radical (unpaired) electrons. The van der Waals surface area contributed by atoms with Gasteiger partial charge in [0.25, 0.3) is 0 Å². The van der Waals surface area contributed by atoms with Gasteiger partial charge in [0.15, 0.2) is 0 Å². The van der Waals surface area contributed by atoms with E-state index >= 15 is 0 Å². The summed E-state index contributed by atoms with van der Waals surface area (Å²) in [5, 5.41) is 9.49. The van der Waals surface area contributed by atoms with Crippen LogP contribution < -0.4 is 10.5 Å². The van der Waals surface area contributed by atoms with Crippen molar-refractivity contribution >= 4 is 33.2 Å². The van der Waals surface area contributed by atoms with Crippen LogP contribution in [0.2, 0.25) is 5.02 Å². The lowest BCUT2D eigenvalue weighted by Crippen LogP contribution is -1.93. The molecule has 0 bridgehead atoms. The zero-order valence-corrected chi connectivity index (χ0v) is 11.4. The molecule has 0 aliphatic heterocycles. The van der Waals surface area contributed by atoms with E-state index in [9.17, 15) is 0 Å². The van der Waals surface area contributed by atoms with Crippen LogP contribution in [0.3, 0.4) is 0 Å². The first-order chi connectivity index (χ1) is 8.60. The fourth-order valence-electron chi connectivity index (χ4n) is 1.31. The fourth-order valence-corrected chi connectivity index (χ4v) is 2.02. The van der Waals surface area contributed by atoms with Gasteiger partial charge < -0.3 is 10.5 Å². The van der Waals surface area contributed by atoms with Crippen molar-refractivity contribution in [1.29, 1.82) is 5.26 Å². The van der Waals surface area contributed by atoms with Gasteiger partial charge in [0.05, 0.1) is 15.1 Å². The fraction of sp³-hybridized carbons (Fsp3) is 0. The molecule has 0 saturated heterocycles. The molecule has 2 rings (SSSR count). The highest BCUT2D eigenvalue weighted by molar-refractivity contribution is 9.10. The van der Waals surface area contributed by atoms with Gasteiger partial charge >= 0.3 is 0 Å². The minimum atomic E-state index is 0.334. The van der Waals surface area contributed by atoms with Crippen LogP contribution >= 0.6 is 27.5 Å². The van der Waals surface area contributed by atoms with Crippen molar-refractivity contribution in [3.05, 3.63) is 45.5 Å². The number of nitrogen functional groups attached to an aromatic ring is 1. The first-order valence-corrected chi connectivity index (χ1v) is 6.06. The van der Waals surface area contributed by atoms with Crippen LogP contribution in [0.1, 0.15) is 5.56 Å². The number of pyridine rings is 1. The van der Waals surface area contributed by atoms with Crippen molar-refractivity contribution in [3.8, 4) is 17.7 Å². The van der Waals surface area contributed by atoms with E-state index in [1.807, 2.05) is 6.07 Å². The molecule has 0 saturated carbocycles. The Morgan fingerprint density at radius 3 is 2.83 bits per heavy atom. The third-order valence-electron chi connectivity index (χ3n) is 2.10. The topological polar surface area (TPSA) is 71.9 Å². The lowest BCUT2D eigenvalue weighted by molar-refractivity contribution is 0.458. The Hall–Kier alpha value is -1.77. The van der Waals surface area contributed by atoms with Gasteiger partial charge in [-0.25, -0.2) is 4.98 Å². The maximum atomic E-state index is 9.00. The van der Waals surface area contributed by atoms with Gasteiger partial charge in [0, 0.05) is 11.9 Å². The molecule has 1 aromatic heterocycles. The molecule has 0 atom stereocenters. The highest BCUT2D eigenvalue weighted by atomic mass is 79.9. The summed E-state index contributed by atoms with van der Waals surface area (Å²) >= 11 is 9.07. The van der Waals surface area contributed by atoms with Gasteiger partial charge in [-0.3, -0.25) is 0 Å². The van der Waals surface area contributed by atoms with Crippen LogP contribution in [0.25, 0.3) is 0 Å². The number of nitrogens with zero attached hydrogens (tertiary/aromatic N) is 2. The number of rotatable bonds is 2. The number of halogens is 2. The van der Waals surface area contributed by atoms with Crippen molar-refractivity contribution in [2.24, 2.45) is 0 Å². The highest BCUT2D eigenvalue weighted by Crippen LogP contribution is 2.31. The summed E-state index contributed by atoms with van der Waals surface area (Å²) in [6.45, 7) is 0. The molecule has 2 aromatic rings. The second-order valence-electron chi connectivity index (χ2n) is 3.41. The summed E-state index contributed by atoms with van der Waals surface area (Å²) in [5.74, 6) is 0.725. The number of nitrogens with two attached hydrogens (primary N) is 1. The van der Waals surface area contributed by atoms with Crippen LogP contribution in [-0.4, -0.2) is 4.98 Å². The van der Waals surface area contributed by atoms with Crippen LogP contribution in [-0.2, 0) is 0 Å². The van der Waals surface area contributed by atoms with E-state index in [0.29, 0.717) is 32.4 Å². The molecule has 2 N–H and O–H groups in total. The normalized spacial score (nSPS) is 9.83. The smallest absolute Gasteiger partial charge is 0.233 e. The molecule has 1 heterocycles. The average molecular weight is 325 g/mol. The molecule has 0 fully saturated rings. The Balaban J connectivity index is 2.37. The van der Waals surface area contributed by atoms with Gasteiger partial charge in [0.2, 0.25) is 5.88 Å². The molecule has 4 nitrogen and oxygen atoms in total. The lowest BCUT2D eigenvalue weighted by atomic mass is 10.2. The first-order valence-electron chi connectivity index (χ1n) is 4.88. The first kappa shape index (κ1) is 12.7. The molecular formula is C12H7BrClN3O. The van der Waals surface area contributed by atoms with Crippen molar-refractivity contribution in [1.82, 2.24) is 4.98 Å². The standard InChI is InChI=1S/C12H7BrClN3O/c13-10-4-8(14)6-17-12(10)18-11-2-1-9(16)3-7(11)5-15/h1-4,6H,16H2. The number of hydrogen-bond acceptors (Lipinski definition) is 4. The van der Waals surface area contributed by atoms with Gasteiger partial charge in [0.1, 0.15) is 11.8 Å². The summed E-state index contributed by atoms with van der Waals surface area (Å²) in [4.78, 5) is 4.03. The average Bonchev–Trinajstić information content (AvgIpc) is 2.34.